The first-order chi connectivity index (χ1) is 25.8. The van der Waals surface area contributed by atoms with Crippen molar-refractivity contribution < 1.29 is 9.53 Å². The van der Waals surface area contributed by atoms with Crippen LogP contribution in [0.5, 0.6) is 0 Å². The van der Waals surface area contributed by atoms with Crippen molar-refractivity contribution in [2.75, 3.05) is 12.8 Å². The van der Waals surface area contributed by atoms with Crippen LogP contribution in [0.1, 0.15) is 33.6 Å². The molecule has 0 fully saturated rings. The maximum Gasteiger partial charge on any atom is 0.340 e. The zero-order chi connectivity index (χ0) is 38.7. The van der Waals surface area contributed by atoms with Gasteiger partial charge >= 0.3 is 5.97 Å². The van der Waals surface area contributed by atoms with Gasteiger partial charge in [-0.05, 0) is 104 Å². The van der Waals surface area contributed by atoms with Gasteiger partial charge in [0.1, 0.15) is 11.5 Å². The molecule has 2 heterocycles. The highest BCUT2D eigenvalue weighted by Crippen LogP contribution is 2.40. The van der Waals surface area contributed by atoms with Crippen LogP contribution < -0.4 is 17.0 Å². The number of aromatic amines is 1. The number of nitrogens with zero attached hydrogens (tertiary/aromatic N) is 3. The third-order valence-corrected chi connectivity index (χ3v) is 11.6. The van der Waals surface area contributed by atoms with E-state index in [1.54, 1.807) is 0 Å². The number of ether oxygens (including phenoxy) is 1. The summed E-state index contributed by atoms with van der Waals surface area (Å²) in [5, 5.41) is 0.539. The molecular formula is C39H28Br5ClN6O3. The minimum atomic E-state index is -0.371. The number of allylic oxidation sites excluding steroid dienone is 1. The molecule has 0 radical (unpaired) electrons. The van der Waals surface area contributed by atoms with E-state index < -0.39 is 0 Å². The summed E-state index contributed by atoms with van der Waals surface area (Å²) < 4.78 is 9.63. The molecular weight excluding hydrogens is 1040 g/mol. The molecule has 54 heavy (non-hydrogen) atoms. The maximum absolute atomic E-state index is 11.7. The Morgan fingerprint density at radius 3 is 1.80 bits per heavy atom. The van der Waals surface area contributed by atoms with Crippen molar-refractivity contribution in [3.05, 3.63) is 163 Å². The third kappa shape index (κ3) is 8.90. The minimum Gasteiger partial charge on any atom is -0.465 e. The van der Waals surface area contributed by atoms with Crippen LogP contribution >= 0.6 is 91.3 Å². The third-order valence-electron chi connectivity index (χ3n) is 8.60. The van der Waals surface area contributed by atoms with E-state index in [4.69, 9.17) is 27.8 Å². The number of carbonyl (C=O) groups is 1. The molecule has 4 aromatic carbocycles. The molecule has 3 aliphatic rings. The molecule has 0 unspecified atom stereocenters. The monoisotopic (exact) mass is 1060 g/mol. The number of nitrogens with two attached hydrogens (primary N) is 2. The number of nitrogen functional groups attached to an aromatic ring is 1. The summed E-state index contributed by atoms with van der Waals surface area (Å²) in [6.07, 6.45) is 5.19. The van der Waals surface area contributed by atoms with Crippen molar-refractivity contribution in [3.8, 4) is 22.3 Å². The highest BCUT2D eigenvalue weighted by molar-refractivity contribution is 9.11. The number of fused-ring (bicyclic) bond motifs is 7. The molecule has 3 aliphatic carbocycles. The number of esters is 1. The number of halogens is 6. The van der Waals surface area contributed by atoms with Crippen LogP contribution in [0.3, 0.4) is 0 Å². The Hall–Kier alpha value is -3.66. The summed E-state index contributed by atoms with van der Waals surface area (Å²) in [7, 11) is 1.36. The molecule has 6 aromatic rings. The number of H-pyrrole nitrogens is 1. The summed E-state index contributed by atoms with van der Waals surface area (Å²) >= 11 is 22.9. The van der Waals surface area contributed by atoms with Crippen molar-refractivity contribution in [1.29, 1.82) is 0 Å². The number of nitrogens with one attached hydrogen (secondary N) is 1. The molecule has 0 amide bonds. The summed E-state index contributed by atoms with van der Waals surface area (Å²) in [5.41, 5.74) is 23.2. The number of benzene rings is 4. The van der Waals surface area contributed by atoms with Crippen LogP contribution in [0.25, 0.3) is 27.8 Å². The van der Waals surface area contributed by atoms with Crippen LogP contribution in [0.2, 0.25) is 5.15 Å². The summed E-state index contributed by atoms with van der Waals surface area (Å²) in [5.74, 6) is -0.371. The second kappa shape index (κ2) is 17.4. The van der Waals surface area contributed by atoms with Gasteiger partial charge in [0.05, 0.1) is 36.0 Å². The Morgan fingerprint density at radius 2 is 1.22 bits per heavy atom. The highest BCUT2D eigenvalue weighted by atomic mass is 79.9. The molecule has 15 heteroatoms. The lowest BCUT2D eigenvalue weighted by atomic mass is 10.1. The molecule has 0 aliphatic heterocycles. The van der Waals surface area contributed by atoms with Crippen molar-refractivity contribution in [1.82, 2.24) is 19.9 Å². The molecule has 9 nitrogen and oxygen atoms in total. The Morgan fingerprint density at radius 1 is 0.704 bits per heavy atom. The predicted molar refractivity (Wildman–Crippen MR) is 231 cm³/mol. The SMILES string of the molecule is COC(=O)C1=C(N)Cc2ccc(Br)cc21.Clc1ncnc2c1-c1cc(Br)ccc1C2.Nc1ccc(Br)cc1Br.O=c1[nH]cnc2c1-c1cc(Br)ccc1C2. The Bertz CT molecular complexity index is 2530. The molecule has 9 rings (SSSR count). The topological polar surface area (TPSA) is 150 Å². The number of rotatable bonds is 1. The van der Waals surface area contributed by atoms with E-state index in [1.165, 1.54) is 25.3 Å². The van der Waals surface area contributed by atoms with Crippen LogP contribution in [-0.4, -0.2) is 33.0 Å². The molecule has 0 saturated heterocycles. The standard InChI is InChI=1S/C11H6BrClN2.C11H7BrN2O.C11H10BrNO2.C6H5Br2N/c12-7-2-1-6-3-9-10(8(6)4-7)11(13)15-5-14-9;12-7-2-1-6-3-9-10(8(6)4-7)11(15)14-5-13-9;1-15-11(14)10-8-5-7(12)3-2-6(8)4-9(10)13;7-4-1-2-6(9)5(8)3-4/h1-2,4-5H,3H2;1-2,4-5H,3H2,(H,13,14,15);2-3,5H,4,13H2,1H3;1-3H,9H2. The number of hydrogen-bond acceptors (Lipinski definition) is 8. The van der Waals surface area contributed by atoms with Gasteiger partial charge in [-0.3, -0.25) is 4.79 Å². The first kappa shape index (κ1) is 40.0. The van der Waals surface area contributed by atoms with Crippen molar-refractivity contribution in [3.63, 3.8) is 0 Å². The zero-order valence-electron chi connectivity index (χ0n) is 28.2. The quantitative estimate of drug-likeness (QED) is 0.0836. The summed E-state index contributed by atoms with van der Waals surface area (Å²) in [4.78, 5) is 38.3. The van der Waals surface area contributed by atoms with Gasteiger partial charge < -0.3 is 21.2 Å². The van der Waals surface area contributed by atoms with Gasteiger partial charge in [-0.25, -0.2) is 19.7 Å². The van der Waals surface area contributed by atoms with E-state index in [1.807, 2.05) is 60.7 Å². The number of methoxy groups -OCH3 is 1. The van der Waals surface area contributed by atoms with E-state index >= 15 is 0 Å². The van der Waals surface area contributed by atoms with Gasteiger partial charge in [0, 0.05) is 58.6 Å². The van der Waals surface area contributed by atoms with Crippen LogP contribution in [0.4, 0.5) is 5.69 Å². The molecule has 0 atom stereocenters. The number of carbonyl (C=O) groups excluding carboxylic acids is 1. The fraction of sp³-hybridized carbons (Fsp3) is 0.103. The van der Waals surface area contributed by atoms with Gasteiger partial charge in [0.25, 0.3) is 5.56 Å². The van der Waals surface area contributed by atoms with E-state index in [0.717, 1.165) is 85.7 Å². The average Bonchev–Trinajstić information content (AvgIpc) is 3.81. The van der Waals surface area contributed by atoms with Gasteiger partial charge in [0.2, 0.25) is 0 Å². The van der Waals surface area contributed by atoms with Crippen LogP contribution in [-0.2, 0) is 28.8 Å². The van der Waals surface area contributed by atoms with E-state index in [2.05, 4.69) is 112 Å². The second-order valence-corrected chi connectivity index (χ2v) is 16.9. The fourth-order valence-electron chi connectivity index (χ4n) is 6.13. The molecule has 0 bridgehead atoms. The normalized spacial score (nSPS) is 12.4. The fourth-order valence-corrected chi connectivity index (χ4v) is 8.51. The van der Waals surface area contributed by atoms with E-state index in [9.17, 15) is 9.59 Å². The van der Waals surface area contributed by atoms with Crippen LogP contribution in [0, 0.1) is 0 Å². The lowest BCUT2D eigenvalue weighted by Crippen LogP contribution is -2.09. The summed E-state index contributed by atoms with van der Waals surface area (Å²) in [6, 6.07) is 23.6. The lowest BCUT2D eigenvalue weighted by molar-refractivity contribution is -0.133. The largest absolute Gasteiger partial charge is 0.465 e. The van der Waals surface area contributed by atoms with Crippen LogP contribution in [0.15, 0.2) is 118 Å². The zero-order valence-corrected chi connectivity index (χ0v) is 36.9. The second-order valence-electron chi connectivity index (χ2n) is 12.0. The number of hydrogen-bond donors (Lipinski definition) is 3. The maximum atomic E-state index is 11.7. The van der Waals surface area contributed by atoms with Gasteiger partial charge in [-0.2, -0.15) is 0 Å². The van der Waals surface area contributed by atoms with Gasteiger partial charge in [-0.1, -0.05) is 93.5 Å². The number of anilines is 1. The average molecular weight is 1060 g/mol. The lowest BCUT2D eigenvalue weighted by Gasteiger charge is -2.04. The minimum absolute atomic E-state index is 0.0585. The first-order valence-electron chi connectivity index (χ1n) is 16.0. The molecule has 0 saturated carbocycles. The summed E-state index contributed by atoms with van der Waals surface area (Å²) in [6.45, 7) is 0. The number of aromatic nitrogens is 4. The van der Waals surface area contributed by atoms with Crippen molar-refractivity contribution in [2.45, 2.75) is 19.3 Å². The highest BCUT2D eigenvalue weighted by Gasteiger charge is 2.26. The van der Waals surface area contributed by atoms with Gasteiger partial charge in [-0.15, -0.1) is 0 Å². The molecule has 2 aromatic heterocycles. The first-order valence-corrected chi connectivity index (χ1v) is 20.4. The Kier molecular flexibility index (Phi) is 12.9. The smallest absolute Gasteiger partial charge is 0.340 e. The van der Waals surface area contributed by atoms with E-state index in [-0.39, 0.29) is 11.5 Å². The van der Waals surface area contributed by atoms with Gasteiger partial charge in [0.15, 0.2) is 0 Å². The Balaban J connectivity index is 0.000000125. The van der Waals surface area contributed by atoms with Crippen molar-refractivity contribution >= 4 is 108 Å². The van der Waals surface area contributed by atoms with E-state index in [0.29, 0.717) is 28.4 Å². The molecule has 5 N–H and O–H groups in total. The predicted octanol–water partition coefficient (Wildman–Crippen LogP) is 10.2. The Labute approximate surface area is 357 Å². The van der Waals surface area contributed by atoms with Crippen molar-refractivity contribution in [2.24, 2.45) is 5.73 Å². The molecule has 0 spiro atoms. The molecule has 274 valence electrons.